The van der Waals surface area contributed by atoms with Gasteiger partial charge in [0.05, 0.1) is 12.7 Å². The summed E-state index contributed by atoms with van der Waals surface area (Å²) in [6.07, 6.45) is 3.61. The first-order chi connectivity index (χ1) is 7.20. The van der Waals surface area contributed by atoms with Gasteiger partial charge in [-0.3, -0.25) is 0 Å². The molecule has 1 unspecified atom stereocenters. The Balaban J connectivity index is 3.36. The van der Waals surface area contributed by atoms with Gasteiger partial charge >= 0.3 is 0 Å². The number of nitrogens with one attached hydrogen (secondary N) is 1. The summed E-state index contributed by atoms with van der Waals surface area (Å²) < 4.78 is 5.43. The topological polar surface area (TPSA) is 41.5 Å². The summed E-state index contributed by atoms with van der Waals surface area (Å²) in [5, 5.41) is 12.3. The SMILES string of the molecule is CCCC(CCO)CNCCOC(C)C. The maximum atomic E-state index is 8.89. The Hall–Kier alpha value is -0.120. The first-order valence-electron chi connectivity index (χ1n) is 6.13. The fourth-order valence-electron chi connectivity index (χ4n) is 1.61. The van der Waals surface area contributed by atoms with Crippen LogP contribution in [0.2, 0.25) is 0 Å². The van der Waals surface area contributed by atoms with E-state index in [1.54, 1.807) is 0 Å². The van der Waals surface area contributed by atoms with Crippen LogP contribution < -0.4 is 5.32 Å². The minimum Gasteiger partial charge on any atom is -0.396 e. The van der Waals surface area contributed by atoms with Gasteiger partial charge in [0.1, 0.15) is 0 Å². The van der Waals surface area contributed by atoms with Crippen LogP contribution in [0.5, 0.6) is 0 Å². The Kier molecular flexibility index (Phi) is 10.3. The number of rotatable bonds is 10. The zero-order chi connectivity index (χ0) is 11.5. The van der Waals surface area contributed by atoms with Gasteiger partial charge < -0.3 is 15.2 Å². The van der Waals surface area contributed by atoms with Crippen molar-refractivity contribution in [1.82, 2.24) is 5.32 Å². The van der Waals surface area contributed by atoms with Crippen molar-refractivity contribution >= 4 is 0 Å². The molecule has 3 nitrogen and oxygen atoms in total. The Morgan fingerprint density at radius 1 is 1.27 bits per heavy atom. The van der Waals surface area contributed by atoms with Crippen LogP contribution in [0.3, 0.4) is 0 Å². The highest BCUT2D eigenvalue weighted by molar-refractivity contribution is 4.61. The molecular formula is C12H27NO2. The van der Waals surface area contributed by atoms with E-state index in [2.05, 4.69) is 12.2 Å². The van der Waals surface area contributed by atoms with Crippen molar-refractivity contribution < 1.29 is 9.84 Å². The molecule has 0 amide bonds. The molecule has 1 atom stereocenters. The van der Waals surface area contributed by atoms with E-state index in [1.165, 1.54) is 12.8 Å². The average Bonchev–Trinajstić information content (AvgIpc) is 2.17. The second-order valence-corrected chi connectivity index (χ2v) is 4.29. The van der Waals surface area contributed by atoms with Gasteiger partial charge in [-0.1, -0.05) is 13.3 Å². The van der Waals surface area contributed by atoms with Gasteiger partial charge in [-0.25, -0.2) is 0 Å². The number of aliphatic hydroxyl groups is 1. The average molecular weight is 217 g/mol. The van der Waals surface area contributed by atoms with E-state index in [1.807, 2.05) is 13.8 Å². The van der Waals surface area contributed by atoms with Crippen LogP contribution in [0.1, 0.15) is 40.0 Å². The van der Waals surface area contributed by atoms with Crippen molar-refractivity contribution in [3.63, 3.8) is 0 Å². The highest BCUT2D eigenvalue weighted by Gasteiger charge is 2.05. The van der Waals surface area contributed by atoms with Crippen LogP contribution in [0.25, 0.3) is 0 Å². The zero-order valence-corrected chi connectivity index (χ0v) is 10.5. The summed E-state index contributed by atoms with van der Waals surface area (Å²) in [4.78, 5) is 0. The lowest BCUT2D eigenvalue weighted by Crippen LogP contribution is -2.27. The van der Waals surface area contributed by atoms with Crippen molar-refractivity contribution in [2.45, 2.75) is 46.1 Å². The van der Waals surface area contributed by atoms with Gasteiger partial charge in [-0.05, 0) is 39.2 Å². The molecule has 0 saturated carbocycles. The summed E-state index contributed by atoms with van der Waals surface area (Å²) >= 11 is 0. The number of hydrogen-bond acceptors (Lipinski definition) is 3. The van der Waals surface area contributed by atoms with Crippen molar-refractivity contribution in [3.05, 3.63) is 0 Å². The molecule has 0 heterocycles. The Bertz CT molecular complexity index is 123. The third kappa shape index (κ3) is 10.2. The van der Waals surface area contributed by atoms with Crippen molar-refractivity contribution in [3.8, 4) is 0 Å². The van der Waals surface area contributed by atoms with E-state index in [4.69, 9.17) is 9.84 Å². The summed E-state index contributed by atoms with van der Waals surface area (Å²) in [6, 6.07) is 0. The molecule has 2 N–H and O–H groups in total. The standard InChI is InChI=1S/C12H27NO2/c1-4-5-12(6-8-14)10-13-7-9-15-11(2)3/h11-14H,4-10H2,1-3H3. The molecule has 0 aliphatic heterocycles. The molecule has 3 heteroatoms. The van der Waals surface area contributed by atoms with Crippen molar-refractivity contribution in [2.24, 2.45) is 5.92 Å². The molecule has 0 fully saturated rings. The van der Waals surface area contributed by atoms with Crippen LogP contribution in [0, 0.1) is 5.92 Å². The van der Waals surface area contributed by atoms with Gasteiger partial charge in [0.2, 0.25) is 0 Å². The van der Waals surface area contributed by atoms with Gasteiger partial charge in [0.25, 0.3) is 0 Å². The van der Waals surface area contributed by atoms with Crippen molar-refractivity contribution in [1.29, 1.82) is 0 Å². The summed E-state index contributed by atoms with van der Waals surface area (Å²) in [6.45, 7) is 9.26. The first kappa shape index (κ1) is 14.9. The first-order valence-corrected chi connectivity index (χ1v) is 6.13. The lowest BCUT2D eigenvalue weighted by Gasteiger charge is -2.16. The molecule has 0 rings (SSSR count). The fourth-order valence-corrected chi connectivity index (χ4v) is 1.61. The molecule has 0 aliphatic rings. The Morgan fingerprint density at radius 3 is 2.53 bits per heavy atom. The van der Waals surface area contributed by atoms with Gasteiger partial charge in [-0.2, -0.15) is 0 Å². The van der Waals surface area contributed by atoms with Gasteiger partial charge in [0.15, 0.2) is 0 Å². The quantitative estimate of drug-likeness (QED) is 0.548. The van der Waals surface area contributed by atoms with E-state index in [0.717, 1.165) is 26.1 Å². The molecule has 0 aromatic heterocycles. The van der Waals surface area contributed by atoms with Crippen LogP contribution >= 0.6 is 0 Å². The van der Waals surface area contributed by atoms with E-state index >= 15 is 0 Å². The maximum Gasteiger partial charge on any atom is 0.0594 e. The number of aliphatic hydroxyl groups excluding tert-OH is 1. The van der Waals surface area contributed by atoms with Crippen LogP contribution in [0.15, 0.2) is 0 Å². The molecule has 0 aliphatic carbocycles. The smallest absolute Gasteiger partial charge is 0.0594 e. The van der Waals surface area contributed by atoms with Crippen LogP contribution in [-0.4, -0.2) is 37.5 Å². The highest BCUT2D eigenvalue weighted by atomic mass is 16.5. The highest BCUT2D eigenvalue weighted by Crippen LogP contribution is 2.08. The third-order valence-electron chi connectivity index (χ3n) is 2.40. The lowest BCUT2D eigenvalue weighted by atomic mass is 10.0. The van der Waals surface area contributed by atoms with E-state index in [-0.39, 0.29) is 0 Å². The molecule has 92 valence electrons. The summed E-state index contributed by atoms with van der Waals surface area (Å²) in [5.74, 6) is 0.610. The largest absolute Gasteiger partial charge is 0.396 e. The molecular weight excluding hydrogens is 190 g/mol. The predicted octanol–water partition coefficient (Wildman–Crippen LogP) is 1.80. The fraction of sp³-hybridized carbons (Fsp3) is 1.00. The molecule has 0 saturated heterocycles. The predicted molar refractivity (Wildman–Crippen MR) is 64.1 cm³/mol. The molecule has 0 aromatic rings. The molecule has 0 bridgehead atoms. The normalized spacial score (nSPS) is 13.4. The maximum absolute atomic E-state index is 8.89. The zero-order valence-electron chi connectivity index (χ0n) is 10.5. The summed E-state index contributed by atoms with van der Waals surface area (Å²) in [7, 11) is 0. The minimum absolute atomic E-state index is 0.300. The van der Waals surface area contributed by atoms with Crippen molar-refractivity contribution in [2.75, 3.05) is 26.3 Å². The lowest BCUT2D eigenvalue weighted by molar-refractivity contribution is 0.0801. The molecule has 15 heavy (non-hydrogen) atoms. The van der Waals surface area contributed by atoms with Crippen LogP contribution in [-0.2, 0) is 4.74 Å². The van der Waals surface area contributed by atoms with E-state index in [9.17, 15) is 0 Å². The van der Waals surface area contributed by atoms with E-state index in [0.29, 0.717) is 18.6 Å². The molecule has 0 spiro atoms. The Morgan fingerprint density at radius 2 is 2.00 bits per heavy atom. The van der Waals surface area contributed by atoms with Gasteiger partial charge in [-0.15, -0.1) is 0 Å². The number of ether oxygens (including phenoxy) is 1. The second kappa shape index (κ2) is 10.4. The van der Waals surface area contributed by atoms with Crippen LogP contribution in [0.4, 0.5) is 0 Å². The molecule has 0 radical (unpaired) electrons. The Labute approximate surface area is 94.2 Å². The third-order valence-corrected chi connectivity index (χ3v) is 2.40. The van der Waals surface area contributed by atoms with Gasteiger partial charge in [0, 0.05) is 13.2 Å². The minimum atomic E-state index is 0.300. The van der Waals surface area contributed by atoms with E-state index < -0.39 is 0 Å². The molecule has 0 aromatic carbocycles. The second-order valence-electron chi connectivity index (χ2n) is 4.29. The summed E-state index contributed by atoms with van der Waals surface area (Å²) in [5.41, 5.74) is 0. The number of hydrogen-bond donors (Lipinski definition) is 2. The monoisotopic (exact) mass is 217 g/mol.